The largest absolute Gasteiger partial charge is 0.479 e. The molecular formula is C26H58O16Ti. The number of carboxylic acid groups (broad SMARTS) is 4. The van der Waals surface area contributed by atoms with E-state index in [1.807, 2.05) is 0 Å². The van der Waals surface area contributed by atoms with Gasteiger partial charge in [0.1, 0.15) is 0 Å². The Morgan fingerprint density at radius 2 is 0.442 bits per heavy atom. The molecule has 0 amide bonds. The van der Waals surface area contributed by atoms with Crippen LogP contribution in [-0.2, 0) is 38.3 Å². The van der Waals surface area contributed by atoms with Gasteiger partial charge in [0.25, 0.3) is 0 Å². The molecular weight excluding hydrogens is 616 g/mol. The average Bonchev–Trinajstić information content (AvgIpc) is 2.75. The molecule has 43 heavy (non-hydrogen) atoms. The molecule has 4 unspecified atom stereocenters. The van der Waals surface area contributed by atoms with Crippen molar-refractivity contribution in [1.82, 2.24) is 0 Å². The third kappa shape index (κ3) is 85.5. The molecule has 0 radical (unpaired) electrons. The van der Waals surface area contributed by atoms with Gasteiger partial charge in [-0.05, 0) is 55.4 Å². The van der Waals surface area contributed by atoms with Gasteiger partial charge in [0.2, 0.25) is 0 Å². The Morgan fingerprint density at radius 3 is 0.465 bits per heavy atom. The van der Waals surface area contributed by atoms with Gasteiger partial charge >= 0.3 is 79.2 Å². The predicted molar refractivity (Wildman–Crippen MR) is 154 cm³/mol. The second kappa shape index (κ2) is 36.5. The van der Waals surface area contributed by atoms with Crippen LogP contribution in [0, 0.1) is 0 Å². The molecule has 0 aliphatic heterocycles. The van der Waals surface area contributed by atoms with E-state index in [2.05, 4.69) is 27.7 Å². The van der Waals surface area contributed by atoms with Gasteiger partial charge in [-0.2, -0.15) is 0 Å². The summed E-state index contributed by atoms with van der Waals surface area (Å²) in [7, 11) is 0. The van der Waals surface area contributed by atoms with E-state index in [-0.39, 0.29) is 24.4 Å². The fourth-order valence-corrected chi connectivity index (χ4v) is 3.29. The summed E-state index contributed by atoms with van der Waals surface area (Å²) in [6, 6.07) is 0. The van der Waals surface area contributed by atoms with Crippen molar-refractivity contribution in [3.63, 3.8) is 0 Å². The molecule has 0 aromatic heterocycles. The zero-order valence-electron chi connectivity index (χ0n) is 27.3. The minimum atomic E-state index is -2.27. The molecule has 0 fully saturated rings. The van der Waals surface area contributed by atoms with Crippen LogP contribution in [0.2, 0.25) is 8.45 Å². The molecule has 17 heteroatoms. The molecule has 0 aliphatic rings. The van der Waals surface area contributed by atoms with Crippen LogP contribution in [0.3, 0.4) is 0 Å². The molecule has 0 rings (SSSR count). The normalized spacial score (nSPS) is 12.4. The van der Waals surface area contributed by atoms with Crippen LogP contribution in [-0.4, -0.2) is 134 Å². The number of aliphatic carboxylic acids is 4. The fourth-order valence-electron chi connectivity index (χ4n) is 1.21. The molecule has 0 aromatic rings. The van der Waals surface area contributed by atoms with Crippen molar-refractivity contribution in [2.24, 2.45) is 0 Å². The first-order chi connectivity index (χ1) is 19.0. The van der Waals surface area contributed by atoms with Gasteiger partial charge < -0.3 is 61.3 Å². The Balaban J connectivity index is -0.0000000734. The third-order valence-electron chi connectivity index (χ3n) is 2.28. The van der Waals surface area contributed by atoms with Crippen molar-refractivity contribution in [2.75, 3.05) is 0 Å². The molecule has 0 heterocycles. The minimum Gasteiger partial charge on any atom is -0.479 e. The van der Waals surface area contributed by atoms with Crippen molar-refractivity contribution in [2.45, 2.75) is 140 Å². The number of carbonyl (C=O) groups is 4. The molecule has 0 saturated carbocycles. The van der Waals surface area contributed by atoms with E-state index in [0.29, 0.717) is 19.2 Å². The Hall–Kier alpha value is -1.73. The van der Waals surface area contributed by atoms with E-state index in [1.165, 1.54) is 0 Å². The molecule has 0 spiro atoms. The number of aliphatic hydroxyl groups is 8. The summed E-state index contributed by atoms with van der Waals surface area (Å²) in [5.74, 6) is -7.07. The topological polar surface area (TPSA) is 311 Å². The maximum atomic E-state index is 9.77. The van der Waals surface area contributed by atoms with E-state index >= 15 is 0 Å². The number of rotatable bonds is 8. The van der Waals surface area contributed by atoms with Gasteiger partial charge in [-0.25, -0.2) is 19.2 Å². The maximum absolute atomic E-state index is 9.77. The summed E-state index contributed by atoms with van der Waals surface area (Å²) in [4.78, 5) is 39.1. The number of hydrogen-bond acceptors (Lipinski definition) is 12. The van der Waals surface area contributed by atoms with Crippen LogP contribution < -0.4 is 0 Å². The van der Waals surface area contributed by atoms with E-state index in [9.17, 15) is 19.2 Å². The summed E-state index contributed by atoms with van der Waals surface area (Å²) in [5, 5.41) is 97.3. The van der Waals surface area contributed by atoms with Gasteiger partial charge in [0.05, 0.1) is 0 Å². The first-order valence-corrected chi connectivity index (χ1v) is 14.9. The van der Waals surface area contributed by atoms with Crippen LogP contribution in [0.4, 0.5) is 0 Å². The zero-order chi connectivity index (χ0) is 36.8. The molecule has 0 aliphatic carbocycles. The van der Waals surface area contributed by atoms with E-state index in [4.69, 9.17) is 61.3 Å². The van der Waals surface area contributed by atoms with Gasteiger partial charge in [0, 0.05) is 24.4 Å². The van der Waals surface area contributed by atoms with Crippen LogP contribution in [0.25, 0.3) is 0 Å². The minimum absolute atomic E-state index is 0.167. The molecule has 0 bridgehead atoms. The zero-order valence-corrected chi connectivity index (χ0v) is 28.8. The van der Waals surface area contributed by atoms with Gasteiger partial charge in [-0.1, -0.05) is 0 Å². The third-order valence-corrected chi connectivity index (χ3v) is 4.36. The Morgan fingerprint density at radius 1 is 0.349 bits per heavy atom. The summed E-state index contributed by atoms with van der Waals surface area (Å²) < 4.78 is 2.00. The summed E-state index contributed by atoms with van der Waals surface area (Å²) in [5.41, 5.74) is 0. The van der Waals surface area contributed by atoms with Crippen molar-refractivity contribution < 1.29 is 99.6 Å². The Labute approximate surface area is 263 Å². The molecule has 12 N–H and O–H groups in total. The molecule has 4 atom stereocenters. The number of hydrogen-bond donors (Lipinski definition) is 12. The maximum Gasteiger partial charge on any atom is 0.335 e. The van der Waals surface area contributed by atoms with Gasteiger partial charge in [-0.3, -0.25) is 0 Å². The van der Waals surface area contributed by atoms with Gasteiger partial charge in [0.15, 0.2) is 24.4 Å². The van der Waals surface area contributed by atoms with Crippen molar-refractivity contribution >= 4 is 23.9 Å². The summed E-state index contributed by atoms with van der Waals surface area (Å²) in [6.45, 7) is 23.1. The molecule has 16 nitrogen and oxygen atoms in total. The standard InChI is InChI=1S/2C4H6O6.4C3H8O.2C3H7.Ti/c2*5-1(3(7)8)2(6)4(9)10;4*1-3(2)4;2*1-3-2;/h2*1-2,5-6H,(H,7,8)(H,9,10);4*3-4H,1-2H3;2*3H,1-2H3;. The Bertz CT molecular complexity index is 542. The van der Waals surface area contributed by atoms with Crippen LogP contribution in [0.1, 0.15) is 83.1 Å². The van der Waals surface area contributed by atoms with E-state index in [1.54, 1.807) is 55.4 Å². The second-order valence-electron chi connectivity index (χ2n) is 9.98. The molecule has 0 aromatic carbocycles. The van der Waals surface area contributed by atoms with Crippen LogP contribution >= 0.6 is 0 Å². The van der Waals surface area contributed by atoms with Crippen molar-refractivity contribution in [3.05, 3.63) is 0 Å². The first-order valence-electron chi connectivity index (χ1n) is 13.1. The van der Waals surface area contributed by atoms with Crippen molar-refractivity contribution in [3.8, 4) is 0 Å². The fraction of sp³-hybridized carbons (Fsp3) is 0.846. The first kappa shape index (κ1) is 57.0. The van der Waals surface area contributed by atoms with Crippen molar-refractivity contribution in [1.29, 1.82) is 0 Å². The second-order valence-corrected chi connectivity index (χ2v) is 14.1. The van der Waals surface area contributed by atoms with Crippen LogP contribution in [0.5, 0.6) is 0 Å². The van der Waals surface area contributed by atoms with Crippen LogP contribution in [0.15, 0.2) is 0 Å². The summed E-state index contributed by atoms with van der Waals surface area (Å²) >= 11 is 0.389. The average molecular weight is 675 g/mol. The molecule has 0 saturated heterocycles. The SMILES string of the molecule is CC(C)O.CC(C)O.CC(C)O.CC(C)O.C[CH](C)[Ti][CH](C)C.O=C(O)C(O)C(O)C(=O)O.O=C(O)C(O)C(O)C(=O)O. The smallest absolute Gasteiger partial charge is 0.335 e. The Kier molecular flexibility index (Phi) is 48.3. The number of carboxylic acids is 4. The number of aliphatic hydroxyl groups excluding tert-OH is 8. The summed E-state index contributed by atoms with van der Waals surface area (Å²) in [6.07, 6.45) is -9.73. The quantitative estimate of drug-likeness (QED) is 0.151. The van der Waals surface area contributed by atoms with E-state index < -0.39 is 48.3 Å². The monoisotopic (exact) mass is 674 g/mol. The van der Waals surface area contributed by atoms with E-state index in [0.717, 1.165) is 8.45 Å². The molecule has 262 valence electrons. The van der Waals surface area contributed by atoms with Gasteiger partial charge in [-0.15, -0.1) is 0 Å². The predicted octanol–water partition coefficient (Wildman–Crippen LogP) is 0.0287.